The Bertz CT molecular complexity index is 427. The second-order valence-electron chi connectivity index (χ2n) is 4.17. The van der Waals surface area contributed by atoms with Gasteiger partial charge in [-0.2, -0.15) is 0 Å². The Balaban J connectivity index is 2.09. The van der Waals surface area contributed by atoms with Gasteiger partial charge < -0.3 is 4.74 Å². The van der Waals surface area contributed by atoms with Crippen molar-refractivity contribution < 1.29 is 10.9 Å². The third kappa shape index (κ3) is 2.72. The topological polar surface area (TPSA) is 26.3 Å². The van der Waals surface area contributed by atoms with E-state index in [2.05, 4.69) is 6.92 Å². The maximum atomic E-state index is 11.8. The Kier molecular flexibility index (Phi) is 3.00. The minimum absolute atomic E-state index is 0.376. The van der Waals surface area contributed by atoms with Gasteiger partial charge in [-0.15, -0.1) is 0 Å². The van der Waals surface area contributed by atoms with Gasteiger partial charge in [0.05, 0.1) is 6.93 Å². The lowest BCUT2D eigenvalue weighted by atomic mass is 9.94. The molecule has 2 atom stereocenters. The Morgan fingerprint density at radius 2 is 2.19 bits per heavy atom. The van der Waals surface area contributed by atoms with E-state index < -0.39 is 12.0 Å². The Hall–Kier alpha value is -1.57. The predicted octanol–water partition coefficient (Wildman–Crippen LogP) is 3.20. The Morgan fingerprint density at radius 3 is 2.88 bits per heavy atom. The summed E-state index contributed by atoms with van der Waals surface area (Å²) in [5.41, 5.74) is 0.491. The molecule has 16 heavy (non-hydrogen) atoms. The molecular weight excluding hydrogens is 200 g/mol. The summed E-state index contributed by atoms with van der Waals surface area (Å²) < 4.78 is 13.4. The largest absolute Gasteiger partial charge is 0.455 e. The van der Waals surface area contributed by atoms with Crippen molar-refractivity contribution in [1.29, 1.82) is 0 Å². The summed E-state index contributed by atoms with van der Waals surface area (Å²) in [5, 5.41) is 0. The molecule has 0 N–H and O–H groups in total. The molecule has 0 aromatic heterocycles. The molecule has 1 aliphatic rings. The molecule has 0 saturated carbocycles. The van der Waals surface area contributed by atoms with E-state index in [0.717, 1.165) is 6.42 Å². The summed E-state index contributed by atoms with van der Waals surface area (Å²) in [6, 6.07) is 8.80. The SMILES string of the molecule is [2H][C@@]1(OC(=O)c2ccccc2)C=CC[C@H](C)C1. The van der Waals surface area contributed by atoms with Crippen LogP contribution in [0.1, 0.15) is 31.5 Å². The number of hydrogen-bond donors (Lipinski definition) is 0. The number of hydrogen-bond acceptors (Lipinski definition) is 2. The van der Waals surface area contributed by atoms with Gasteiger partial charge in [0.2, 0.25) is 0 Å². The third-order valence-corrected chi connectivity index (χ3v) is 2.63. The van der Waals surface area contributed by atoms with Crippen molar-refractivity contribution in [3.63, 3.8) is 0 Å². The molecule has 0 amide bonds. The highest BCUT2D eigenvalue weighted by atomic mass is 16.5. The minimum Gasteiger partial charge on any atom is -0.455 e. The third-order valence-electron chi connectivity index (χ3n) is 2.63. The van der Waals surface area contributed by atoms with Crippen LogP contribution in [0, 0.1) is 5.92 Å². The van der Waals surface area contributed by atoms with E-state index in [1.54, 1.807) is 30.3 Å². The molecule has 1 aliphatic carbocycles. The Labute approximate surface area is 97.3 Å². The zero-order chi connectivity index (χ0) is 12.3. The molecule has 2 rings (SSSR count). The zero-order valence-corrected chi connectivity index (χ0v) is 9.35. The maximum absolute atomic E-state index is 11.8. The monoisotopic (exact) mass is 217 g/mol. The lowest BCUT2D eigenvalue weighted by Crippen LogP contribution is -2.21. The van der Waals surface area contributed by atoms with Gasteiger partial charge in [-0.25, -0.2) is 4.79 Å². The van der Waals surface area contributed by atoms with Gasteiger partial charge >= 0.3 is 5.97 Å². The summed E-state index contributed by atoms with van der Waals surface area (Å²) in [6.07, 6.45) is 3.89. The van der Waals surface area contributed by atoms with E-state index in [9.17, 15) is 4.79 Å². The first-order valence-electron chi connectivity index (χ1n) is 6.05. The molecule has 1 aromatic carbocycles. The van der Waals surface area contributed by atoms with Crippen LogP contribution in [-0.4, -0.2) is 12.0 Å². The van der Waals surface area contributed by atoms with Crippen LogP contribution in [0.15, 0.2) is 42.5 Å². The standard InChI is InChI=1S/C14H16O2/c1-11-6-5-9-13(10-11)16-14(15)12-7-3-2-4-8-12/h2-5,7-9,11,13H,6,10H2,1H3/t11-,13+/m0/s1/i13D. The first-order chi connectivity index (χ1) is 8.09. The Morgan fingerprint density at radius 1 is 1.44 bits per heavy atom. The van der Waals surface area contributed by atoms with Gasteiger partial charge in [-0.05, 0) is 37.0 Å². The molecule has 0 heterocycles. The van der Waals surface area contributed by atoms with E-state index in [1.807, 2.05) is 12.1 Å². The molecule has 2 nitrogen and oxygen atoms in total. The number of esters is 1. The number of benzene rings is 1. The quantitative estimate of drug-likeness (QED) is 0.561. The normalized spacial score (nSPS) is 29.6. The fourth-order valence-corrected chi connectivity index (χ4v) is 1.75. The van der Waals surface area contributed by atoms with E-state index in [1.165, 1.54) is 0 Å². The van der Waals surface area contributed by atoms with Gasteiger partial charge in [0.25, 0.3) is 0 Å². The lowest BCUT2D eigenvalue weighted by molar-refractivity contribution is 0.0344. The van der Waals surface area contributed by atoms with Gasteiger partial charge in [-0.1, -0.05) is 31.2 Å². The highest BCUT2D eigenvalue weighted by Gasteiger charge is 2.18. The van der Waals surface area contributed by atoms with Crippen LogP contribution in [0.2, 0.25) is 0 Å². The van der Waals surface area contributed by atoms with Gasteiger partial charge in [0, 0.05) is 0 Å². The van der Waals surface area contributed by atoms with Crippen LogP contribution in [0.4, 0.5) is 0 Å². The van der Waals surface area contributed by atoms with E-state index in [0.29, 0.717) is 17.9 Å². The number of carbonyl (C=O) groups excluding carboxylic acids is 1. The van der Waals surface area contributed by atoms with Gasteiger partial charge in [-0.3, -0.25) is 0 Å². The van der Waals surface area contributed by atoms with Gasteiger partial charge in [0.1, 0.15) is 6.08 Å². The number of allylic oxidation sites excluding steroid dienone is 1. The smallest absolute Gasteiger partial charge is 0.338 e. The molecule has 1 aromatic rings. The first kappa shape index (κ1) is 9.64. The average molecular weight is 217 g/mol. The van der Waals surface area contributed by atoms with Gasteiger partial charge in [0.15, 0.2) is 0 Å². The van der Waals surface area contributed by atoms with Crippen LogP contribution in [-0.2, 0) is 4.74 Å². The van der Waals surface area contributed by atoms with E-state index in [4.69, 9.17) is 6.11 Å². The van der Waals surface area contributed by atoms with Crippen LogP contribution >= 0.6 is 0 Å². The minimum atomic E-state index is -1.20. The summed E-state index contributed by atoms with van der Waals surface area (Å²) in [6.45, 7) is 2.06. The molecule has 0 saturated heterocycles. The summed E-state index contributed by atoms with van der Waals surface area (Å²) >= 11 is 0. The molecular formula is C14H16O2. The van der Waals surface area contributed by atoms with E-state index in [-0.39, 0.29) is 0 Å². The molecule has 0 unspecified atom stereocenters. The van der Waals surface area contributed by atoms with Crippen LogP contribution < -0.4 is 0 Å². The fourth-order valence-electron chi connectivity index (χ4n) is 1.75. The van der Waals surface area contributed by atoms with E-state index >= 15 is 0 Å². The molecule has 2 heteroatoms. The molecule has 0 radical (unpaired) electrons. The highest BCUT2D eigenvalue weighted by Crippen LogP contribution is 2.20. The molecule has 0 aliphatic heterocycles. The van der Waals surface area contributed by atoms with Crippen molar-refractivity contribution in [2.75, 3.05) is 0 Å². The van der Waals surface area contributed by atoms with Crippen LogP contribution in [0.25, 0.3) is 0 Å². The summed E-state index contributed by atoms with van der Waals surface area (Å²) in [5.74, 6) is -0.0552. The maximum Gasteiger partial charge on any atom is 0.338 e. The molecule has 0 spiro atoms. The second-order valence-corrected chi connectivity index (χ2v) is 4.17. The van der Waals surface area contributed by atoms with Crippen molar-refractivity contribution in [1.82, 2.24) is 0 Å². The van der Waals surface area contributed by atoms with Crippen LogP contribution in [0.5, 0.6) is 0 Å². The van der Waals surface area contributed by atoms with Crippen molar-refractivity contribution in [2.45, 2.75) is 25.8 Å². The van der Waals surface area contributed by atoms with Crippen molar-refractivity contribution >= 4 is 5.97 Å². The number of rotatable bonds is 2. The lowest BCUT2D eigenvalue weighted by Gasteiger charge is -2.21. The van der Waals surface area contributed by atoms with Crippen molar-refractivity contribution in [3.8, 4) is 0 Å². The first-order valence-corrected chi connectivity index (χ1v) is 5.55. The predicted molar refractivity (Wildman–Crippen MR) is 63.2 cm³/mol. The van der Waals surface area contributed by atoms with Crippen LogP contribution in [0.3, 0.4) is 0 Å². The molecule has 0 bridgehead atoms. The fraction of sp³-hybridized carbons (Fsp3) is 0.357. The average Bonchev–Trinajstić information content (AvgIpc) is 2.29. The molecule has 0 fully saturated rings. The second kappa shape index (κ2) is 4.97. The summed E-state index contributed by atoms with van der Waals surface area (Å²) in [4.78, 5) is 11.8. The highest BCUT2D eigenvalue weighted by molar-refractivity contribution is 5.89. The number of ether oxygens (including phenoxy) is 1. The number of carbonyl (C=O) groups is 1. The zero-order valence-electron chi connectivity index (χ0n) is 10.3. The van der Waals surface area contributed by atoms with Crippen molar-refractivity contribution in [3.05, 3.63) is 48.0 Å². The molecule has 84 valence electrons. The van der Waals surface area contributed by atoms with Crippen molar-refractivity contribution in [2.24, 2.45) is 5.92 Å². The summed E-state index contributed by atoms with van der Waals surface area (Å²) in [7, 11) is 0.